The molecule has 21 heavy (non-hydrogen) atoms. The molecule has 1 aromatic heterocycles. The van der Waals surface area contributed by atoms with Gasteiger partial charge >= 0.3 is 0 Å². The number of hydrogen-bond donors (Lipinski definition) is 2. The number of carbonyl (C=O) groups is 1. The molecule has 108 valence electrons. The molecule has 0 bridgehead atoms. The van der Waals surface area contributed by atoms with Crippen LogP contribution in [0.3, 0.4) is 0 Å². The summed E-state index contributed by atoms with van der Waals surface area (Å²) in [6, 6.07) is 13.2. The number of nitrogens with two attached hydrogens (primary N) is 1. The predicted octanol–water partition coefficient (Wildman–Crippen LogP) is 2.57. The SMILES string of the molecule is C[C@H](NC(=O)C1(c2ccc(N)cc2)CC1)c1ccccn1. The molecule has 1 heterocycles. The van der Waals surface area contributed by atoms with Crippen LogP contribution in [0.1, 0.15) is 37.1 Å². The lowest BCUT2D eigenvalue weighted by molar-refractivity contribution is -0.124. The molecule has 0 aliphatic heterocycles. The second kappa shape index (κ2) is 5.20. The first-order chi connectivity index (χ1) is 10.1. The van der Waals surface area contributed by atoms with Crippen LogP contribution in [0.25, 0.3) is 0 Å². The zero-order valence-electron chi connectivity index (χ0n) is 12.0. The molecule has 1 aromatic carbocycles. The summed E-state index contributed by atoms with van der Waals surface area (Å²) in [7, 11) is 0. The van der Waals surface area contributed by atoms with Crippen LogP contribution in [0.15, 0.2) is 48.7 Å². The molecule has 0 unspecified atom stereocenters. The molecule has 1 amide bonds. The van der Waals surface area contributed by atoms with Gasteiger partial charge in [0.05, 0.1) is 17.2 Å². The zero-order valence-corrected chi connectivity index (χ0v) is 12.0. The Labute approximate surface area is 124 Å². The lowest BCUT2D eigenvalue weighted by Crippen LogP contribution is -2.36. The topological polar surface area (TPSA) is 68.0 Å². The van der Waals surface area contributed by atoms with Gasteiger partial charge in [-0.15, -0.1) is 0 Å². The van der Waals surface area contributed by atoms with E-state index in [9.17, 15) is 4.79 Å². The van der Waals surface area contributed by atoms with Crippen LogP contribution in [-0.2, 0) is 10.2 Å². The summed E-state index contributed by atoms with van der Waals surface area (Å²) in [5.74, 6) is 0.0745. The van der Waals surface area contributed by atoms with Gasteiger partial charge in [0.2, 0.25) is 5.91 Å². The molecule has 1 saturated carbocycles. The van der Waals surface area contributed by atoms with Crippen molar-refractivity contribution in [3.8, 4) is 0 Å². The van der Waals surface area contributed by atoms with E-state index in [-0.39, 0.29) is 17.4 Å². The average molecular weight is 281 g/mol. The Morgan fingerprint density at radius 3 is 2.52 bits per heavy atom. The van der Waals surface area contributed by atoms with E-state index in [1.165, 1.54) is 0 Å². The summed E-state index contributed by atoms with van der Waals surface area (Å²) >= 11 is 0. The highest BCUT2D eigenvalue weighted by Gasteiger charge is 2.51. The van der Waals surface area contributed by atoms with E-state index in [2.05, 4.69) is 10.3 Å². The van der Waals surface area contributed by atoms with Crippen LogP contribution in [0.4, 0.5) is 5.69 Å². The maximum atomic E-state index is 12.6. The van der Waals surface area contributed by atoms with Gasteiger partial charge in [-0.25, -0.2) is 0 Å². The van der Waals surface area contributed by atoms with Crippen LogP contribution in [0.5, 0.6) is 0 Å². The molecule has 0 spiro atoms. The van der Waals surface area contributed by atoms with Crippen molar-refractivity contribution in [2.75, 3.05) is 5.73 Å². The predicted molar refractivity (Wildman–Crippen MR) is 82.6 cm³/mol. The zero-order chi connectivity index (χ0) is 14.9. The highest BCUT2D eigenvalue weighted by Crippen LogP contribution is 2.48. The van der Waals surface area contributed by atoms with Gasteiger partial charge in [0.1, 0.15) is 0 Å². The van der Waals surface area contributed by atoms with Crippen molar-refractivity contribution in [2.24, 2.45) is 0 Å². The first-order valence-electron chi connectivity index (χ1n) is 7.20. The number of carbonyl (C=O) groups excluding carboxylic acids is 1. The number of rotatable bonds is 4. The summed E-state index contributed by atoms with van der Waals surface area (Å²) in [4.78, 5) is 16.9. The third-order valence-corrected chi connectivity index (χ3v) is 4.13. The van der Waals surface area contributed by atoms with Crippen LogP contribution >= 0.6 is 0 Å². The molecule has 0 saturated heterocycles. The number of nitrogens with zero attached hydrogens (tertiary/aromatic N) is 1. The molecule has 4 heteroatoms. The number of benzene rings is 1. The molecule has 3 rings (SSSR count). The minimum absolute atomic E-state index is 0.0745. The monoisotopic (exact) mass is 281 g/mol. The molecular formula is C17H19N3O. The molecule has 1 aliphatic rings. The number of anilines is 1. The van der Waals surface area contributed by atoms with Gasteiger partial charge in [-0.2, -0.15) is 0 Å². The van der Waals surface area contributed by atoms with Gasteiger partial charge in [0.15, 0.2) is 0 Å². The smallest absolute Gasteiger partial charge is 0.231 e. The standard InChI is InChI=1S/C17H19N3O/c1-12(15-4-2-3-11-19-15)20-16(21)17(9-10-17)13-5-7-14(18)8-6-13/h2-8,11-12H,9-10,18H2,1H3,(H,20,21)/t12-/m0/s1. The first kappa shape index (κ1) is 13.6. The molecule has 3 N–H and O–H groups in total. The Morgan fingerprint density at radius 1 is 1.24 bits per heavy atom. The van der Waals surface area contributed by atoms with E-state index in [0.29, 0.717) is 0 Å². The van der Waals surface area contributed by atoms with Crippen LogP contribution in [0.2, 0.25) is 0 Å². The van der Waals surface area contributed by atoms with E-state index >= 15 is 0 Å². The normalized spacial score (nSPS) is 17.0. The van der Waals surface area contributed by atoms with Crippen LogP contribution < -0.4 is 11.1 Å². The van der Waals surface area contributed by atoms with Crippen molar-refractivity contribution in [2.45, 2.75) is 31.2 Å². The number of hydrogen-bond acceptors (Lipinski definition) is 3. The molecular weight excluding hydrogens is 262 g/mol. The van der Waals surface area contributed by atoms with Crippen LogP contribution in [0, 0.1) is 0 Å². The second-order valence-electron chi connectivity index (χ2n) is 5.65. The fourth-order valence-corrected chi connectivity index (χ4v) is 2.61. The number of aromatic nitrogens is 1. The largest absolute Gasteiger partial charge is 0.399 e. The number of nitrogens with one attached hydrogen (secondary N) is 1. The van der Waals surface area contributed by atoms with Crippen molar-refractivity contribution in [3.05, 3.63) is 59.9 Å². The quantitative estimate of drug-likeness (QED) is 0.846. The van der Waals surface area contributed by atoms with E-state index < -0.39 is 0 Å². The van der Waals surface area contributed by atoms with Crippen molar-refractivity contribution < 1.29 is 4.79 Å². The average Bonchev–Trinajstić information content (AvgIpc) is 3.30. The molecule has 4 nitrogen and oxygen atoms in total. The summed E-state index contributed by atoms with van der Waals surface area (Å²) in [6.45, 7) is 1.96. The van der Waals surface area contributed by atoms with Crippen molar-refractivity contribution in [3.63, 3.8) is 0 Å². The fourth-order valence-electron chi connectivity index (χ4n) is 2.61. The summed E-state index contributed by atoms with van der Waals surface area (Å²) in [6.07, 6.45) is 3.51. The molecule has 2 aromatic rings. The Bertz CT molecular complexity index is 633. The Hall–Kier alpha value is -2.36. The van der Waals surface area contributed by atoms with Gasteiger partial charge in [-0.05, 0) is 49.6 Å². The minimum atomic E-state index is -0.378. The van der Waals surface area contributed by atoms with E-state index in [0.717, 1.165) is 29.8 Å². The van der Waals surface area contributed by atoms with Crippen molar-refractivity contribution in [1.82, 2.24) is 10.3 Å². The maximum Gasteiger partial charge on any atom is 0.231 e. The molecule has 1 fully saturated rings. The van der Waals surface area contributed by atoms with E-state index in [1.807, 2.05) is 49.4 Å². The third kappa shape index (κ3) is 2.61. The number of pyridine rings is 1. The maximum absolute atomic E-state index is 12.6. The number of amides is 1. The number of nitrogen functional groups attached to an aromatic ring is 1. The summed E-state index contributed by atoms with van der Waals surface area (Å²) in [5, 5.41) is 3.08. The van der Waals surface area contributed by atoms with Crippen LogP contribution in [-0.4, -0.2) is 10.9 Å². The van der Waals surface area contributed by atoms with Gasteiger partial charge in [0.25, 0.3) is 0 Å². The lowest BCUT2D eigenvalue weighted by atomic mass is 9.94. The Morgan fingerprint density at radius 2 is 1.95 bits per heavy atom. The van der Waals surface area contributed by atoms with Crippen molar-refractivity contribution >= 4 is 11.6 Å². The third-order valence-electron chi connectivity index (χ3n) is 4.13. The van der Waals surface area contributed by atoms with Gasteiger partial charge in [-0.1, -0.05) is 18.2 Å². The molecule has 1 atom stereocenters. The first-order valence-corrected chi connectivity index (χ1v) is 7.20. The molecule has 0 radical (unpaired) electrons. The summed E-state index contributed by atoms with van der Waals surface area (Å²) < 4.78 is 0. The lowest BCUT2D eigenvalue weighted by Gasteiger charge is -2.20. The Balaban J connectivity index is 1.75. The second-order valence-corrected chi connectivity index (χ2v) is 5.65. The minimum Gasteiger partial charge on any atom is -0.399 e. The highest BCUT2D eigenvalue weighted by molar-refractivity contribution is 5.91. The molecule has 1 aliphatic carbocycles. The van der Waals surface area contributed by atoms with E-state index in [1.54, 1.807) is 6.20 Å². The fraction of sp³-hybridized carbons (Fsp3) is 0.294. The van der Waals surface area contributed by atoms with Gasteiger partial charge in [0, 0.05) is 11.9 Å². The highest BCUT2D eigenvalue weighted by atomic mass is 16.2. The van der Waals surface area contributed by atoms with Crippen molar-refractivity contribution in [1.29, 1.82) is 0 Å². The summed E-state index contributed by atoms with van der Waals surface area (Å²) in [5.41, 5.74) is 7.97. The Kier molecular flexibility index (Phi) is 3.37. The van der Waals surface area contributed by atoms with Gasteiger partial charge < -0.3 is 11.1 Å². The van der Waals surface area contributed by atoms with E-state index in [4.69, 9.17) is 5.73 Å². The van der Waals surface area contributed by atoms with Gasteiger partial charge in [-0.3, -0.25) is 9.78 Å².